The summed E-state index contributed by atoms with van der Waals surface area (Å²) in [4.78, 5) is 0. The van der Waals surface area contributed by atoms with Crippen molar-refractivity contribution in [2.45, 2.75) is 39.2 Å². The Morgan fingerprint density at radius 2 is 2.05 bits per heavy atom. The Labute approximate surface area is 121 Å². The van der Waals surface area contributed by atoms with Crippen LogP contribution in [-0.2, 0) is 6.54 Å². The van der Waals surface area contributed by atoms with E-state index < -0.39 is 0 Å². The van der Waals surface area contributed by atoms with E-state index in [1.165, 1.54) is 31.2 Å². The molecule has 1 aromatic heterocycles. The van der Waals surface area contributed by atoms with Gasteiger partial charge in [0, 0.05) is 24.8 Å². The van der Waals surface area contributed by atoms with Gasteiger partial charge < -0.3 is 5.32 Å². The fourth-order valence-electron chi connectivity index (χ4n) is 2.98. The molecule has 1 heterocycles. The van der Waals surface area contributed by atoms with Gasteiger partial charge in [0.15, 0.2) is 0 Å². The maximum Gasteiger partial charge on any atom is 0.0645 e. The highest BCUT2D eigenvalue weighted by atomic mass is 15.3. The van der Waals surface area contributed by atoms with Gasteiger partial charge >= 0.3 is 0 Å². The molecule has 1 aliphatic rings. The highest BCUT2D eigenvalue weighted by Gasteiger charge is 2.34. The normalized spacial score (nSPS) is 16.9. The van der Waals surface area contributed by atoms with Gasteiger partial charge in [0.05, 0.1) is 11.9 Å². The first-order valence-electron chi connectivity index (χ1n) is 7.61. The van der Waals surface area contributed by atoms with Gasteiger partial charge in [-0.15, -0.1) is 0 Å². The van der Waals surface area contributed by atoms with E-state index in [9.17, 15) is 0 Å². The Bertz CT molecular complexity index is 535. The number of benzene rings is 1. The predicted molar refractivity (Wildman–Crippen MR) is 81.8 cm³/mol. The Balaban J connectivity index is 1.55. The molecule has 0 atom stereocenters. The second kappa shape index (κ2) is 5.80. The molecule has 1 N–H and O–H groups in total. The van der Waals surface area contributed by atoms with Crippen molar-refractivity contribution >= 4 is 0 Å². The summed E-state index contributed by atoms with van der Waals surface area (Å²) in [7, 11) is 0. The summed E-state index contributed by atoms with van der Waals surface area (Å²) in [5.41, 5.74) is 2.94. The average Bonchev–Trinajstić information content (AvgIpc) is 2.92. The molecule has 0 radical (unpaired) electrons. The number of para-hydroxylation sites is 1. The van der Waals surface area contributed by atoms with Crippen molar-refractivity contribution in [3.8, 4) is 5.69 Å². The van der Waals surface area contributed by atoms with Gasteiger partial charge in [0.1, 0.15) is 0 Å². The van der Waals surface area contributed by atoms with Gasteiger partial charge in [-0.3, -0.25) is 0 Å². The van der Waals surface area contributed by atoms with E-state index in [0.717, 1.165) is 18.8 Å². The summed E-state index contributed by atoms with van der Waals surface area (Å²) < 4.78 is 1.94. The summed E-state index contributed by atoms with van der Waals surface area (Å²) in [6, 6.07) is 10.3. The second-order valence-corrected chi connectivity index (χ2v) is 5.94. The van der Waals surface area contributed by atoms with Crippen LogP contribution in [0.2, 0.25) is 0 Å². The monoisotopic (exact) mass is 269 g/mol. The predicted octanol–water partition coefficient (Wildman–Crippen LogP) is 3.54. The molecule has 106 valence electrons. The number of rotatable bonds is 6. The molecular formula is C17H23N3. The standard InChI is InChI=1S/C17H23N3/c1-2-17(9-6-10-17)14-18-11-15-12-19-20(13-15)16-7-4-3-5-8-16/h3-5,7-8,12-13,18H,2,6,9-11,14H2,1H3. The topological polar surface area (TPSA) is 29.9 Å². The lowest BCUT2D eigenvalue weighted by Gasteiger charge is -2.41. The Morgan fingerprint density at radius 3 is 2.70 bits per heavy atom. The summed E-state index contributed by atoms with van der Waals surface area (Å²) in [6.45, 7) is 4.36. The van der Waals surface area contributed by atoms with Crippen molar-refractivity contribution in [2.75, 3.05) is 6.54 Å². The van der Waals surface area contributed by atoms with Crippen molar-refractivity contribution in [3.05, 3.63) is 48.3 Å². The van der Waals surface area contributed by atoms with E-state index in [4.69, 9.17) is 0 Å². The quantitative estimate of drug-likeness (QED) is 0.869. The Morgan fingerprint density at radius 1 is 1.25 bits per heavy atom. The third-order valence-electron chi connectivity index (χ3n) is 4.65. The zero-order valence-electron chi connectivity index (χ0n) is 12.2. The molecule has 1 aromatic carbocycles. The fourth-order valence-corrected chi connectivity index (χ4v) is 2.98. The molecule has 3 heteroatoms. The van der Waals surface area contributed by atoms with Crippen LogP contribution in [0.4, 0.5) is 0 Å². The van der Waals surface area contributed by atoms with Crippen LogP contribution in [0.3, 0.4) is 0 Å². The molecular weight excluding hydrogens is 246 g/mol. The van der Waals surface area contributed by atoms with Crippen LogP contribution in [0.25, 0.3) is 5.69 Å². The minimum absolute atomic E-state index is 0.579. The molecule has 1 aliphatic carbocycles. The molecule has 0 amide bonds. The lowest BCUT2D eigenvalue weighted by atomic mass is 9.67. The number of aromatic nitrogens is 2. The number of hydrogen-bond donors (Lipinski definition) is 1. The summed E-state index contributed by atoms with van der Waals surface area (Å²) in [5, 5.41) is 8.04. The summed E-state index contributed by atoms with van der Waals surface area (Å²) in [5.74, 6) is 0. The zero-order valence-corrected chi connectivity index (χ0v) is 12.2. The number of nitrogens with zero attached hydrogens (tertiary/aromatic N) is 2. The number of hydrogen-bond acceptors (Lipinski definition) is 2. The first kappa shape index (κ1) is 13.4. The second-order valence-electron chi connectivity index (χ2n) is 5.94. The van der Waals surface area contributed by atoms with Gasteiger partial charge in [-0.1, -0.05) is 31.5 Å². The zero-order chi connectivity index (χ0) is 13.8. The minimum atomic E-state index is 0.579. The van der Waals surface area contributed by atoms with Crippen molar-refractivity contribution in [2.24, 2.45) is 5.41 Å². The van der Waals surface area contributed by atoms with Crippen LogP contribution in [-0.4, -0.2) is 16.3 Å². The third kappa shape index (κ3) is 2.78. The van der Waals surface area contributed by atoms with Crippen LogP contribution in [0.5, 0.6) is 0 Å². The van der Waals surface area contributed by atoms with E-state index in [0.29, 0.717) is 5.41 Å². The molecule has 0 saturated heterocycles. The van der Waals surface area contributed by atoms with E-state index >= 15 is 0 Å². The van der Waals surface area contributed by atoms with Gasteiger partial charge in [-0.25, -0.2) is 4.68 Å². The van der Waals surface area contributed by atoms with Gasteiger partial charge in [0.25, 0.3) is 0 Å². The molecule has 1 saturated carbocycles. The third-order valence-corrected chi connectivity index (χ3v) is 4.65. The molecule has 3 rings (SSSR count). The SMILES string of the molecule is CCC1(CNCc2cnn(-c3ccccc3)c2)CCC1. The van der Waals surface area contributed by atoms with Crippen LogP contribution in [0, 0.1) is 5.41 Å². The molecule has 0 spiro atoms. The first-order chi connectivity index (χ1) is 9.81. The van der Waals surface area contributed by atoms with Crippen molar-refractivity contribution in [1.29, 1.82) is 0 Å². The highest BCUT2D eigenvalue weighted by Crippen LogP contribution is 2.43. The Hall–Kier alpha value is -1.61. The van der Waals surface area contributed by atoms with Crippen LogP contribution in [0.15, 0.2) is 42.7 Å². The molecule has 0 aliphatic heterocycles. The van der Waals surface area contributed by atoms with E-state index in [2.05, 4.69) is 35.7 Å². The largest absolute Gasteiger partial charge is 0.312 e. The lowest BCUT2D eigenvalue weighted by Crippen LogP contribution is -2.39. The van der Waals surface area contributed by atoms with Gasteiger partial charge in [0.2, 0.25) is 0 Å². The minimum Gasteiger partial charge on any atom is -0.312 e. The van der Waals surface area contributed by atoms with Crippen molar-refractivity contribution < 1.29 is 0 Å². The smallest absolute Gasteiger partial charge is 0.0645 e. The highest BCUT2D eigenvalue weighted by molar-refractivity contribution is 5.30. The average molecular weight is 269 g/mol. The molecule has 3 nitrogen and oxygen atoms in total. The maximum absolute atomic E-state index is 4.43. The van der Waals surface area contributed by atoms with Gasteiger partial charge in [-0.2, -0.15) is 5.10 Å². The Kier molecular flexibility index (Phi) is 3.88. The lowest BCUT2D eigenvalue weighted by molar-refractivity contribution is 0.124. The van der Waals surface area contributed by atoms with E-state index in [-0.39, 0.29) is 0 Å². The van der Waals surface area contributed by atoms with Gasteiger partial charge in [-0.05, 0) is 36.8 Å². The molecule has 2 aromatic rings. The number of nitrogens with one attached hydrogen (secondary N) is 1. The van der Waals surface area contributed by atoms with Crippen LogP contribution < -0.4 is 5.32 Å². The molecule has 0 bridgehead atoms. The summed E-state index contributed by atoms with van der Waals surface area (Å²) in [6.07, 6.45) is 9.55. The molecule has 1 fully saturated rings. The first-order valence-corrected chi connectivity index (χ1v) is 7.61. The van der Waals surface area contributed by atoms with E-state index in [1.807, 2.05) is 29.1 Å². The molecule has 0 unspecified atom stereocenters. The van der Waals surface area contributed by atoms with Crippen molar-refractivity contribution in [1.82, 2.24) is 15.1 Å². The maximum atomic E-state index is 4.43. The van der Waals surface area contributed by atoms with Crippen LogP contribution >= 0.6 is 0 Å². The summed E-state index contributed by atoms with van der Waals surface area (Å²) >= 11 is 0. The van der Waals surface area contributed by atoms with Crippen molar-refractivity contribution in [3.63, 3.8) is 0 Å². The van der Waals surface area contributed by atoms with Crippen LogP contribution in [0.1, 0.15) is 38.2 Å². The fraction of sp³-hybridized carbons (Fsp3) is 0.471. The van der Waals surface area contributed by atoms with E-state index in [1.54, 1.807) is 0 Å². The molecule has 20 heavy (non-hydrogen) atoms.